The fourth-order valence-electron chi connectivity index (χ4n) is 2.38. The molecule has 1 aliphatic heterocycles. The molecule has 0 aromatic rings. The Morgan fingerprint density at radius 1 is 1.56 bits per heavy atom. The molecule has 0 aromatic heterocycles. The third kappa shape index (κ3) is 4.82. The van der Waals surface area contributed by atoms with Crippen LogP contribution in [0.1, 0.15) is 39.0 Å². The number of rotatable bonds is 6. The lowest BCUT2D eigenvalue weighted by Gasteiger charge is -2.36. The van der Waals surface area contributed by atoms with Crippen molar-refractivity contribution in [3.8, 4) is 0 Å². The van der Waals surface area contributed by atoms with E-state index in [9.17, 15) is 4.79 Å². The molecule has 0 bridgehead atoms. The summed E-state index contributed by atoms with van der Waals surface area (Å²) in [6.45, 7) is 3.59. The molecule has 2 unspecified atom stereocenters. The van der Waals surface area contributed by atoms with Crippen molar-refractivity contribution in [1.82, 2.24) is 10.2 Å². The number of amides is 2. The minimum atomic E-state index is -0.00301. The van der Waals surface area contributed by atoms with Gasteiger partial charge in [0.1, 0.15) is 0 Å². The Morgan fingerprint density at radius 2 is 2.33 bits per heavy atom. The second kappa shape index (κ2) is 8.32. The number of piperidine rings is 1. The van der Waals surface area contributed by atoms with E-state index in [0.29, 0.717) is 13.0 Å². The largest absolute Gasteiger partial charge is 0.396 e. The van der Waals surface area contributed by atoms with Crippen LogP contribution in [0, 0.1) is 0 Å². The second-order valence-electron chi connectivity index (χ2n) is 4.99. The number of aliphatic hydroxyl groups excluding tert-OH is 1. The Labute approximate surface area is 109 Å². The summed E-state index contributed by atoms with van der Waals surface area (Å²) in [6, 6.07) is 0.310. The number of methoxy groups -OCH3 is 1. The average molecular weight is 258 g/mol. The van der Waals surface area contributed by atoms with Crippen LogP contribution >= 0.6 is 0 Å². The number of aliphatic hydroxyl groups is 1. The molecule has 5 heteroatoms. The first-order valence-electron chi connectivity index (χ1n) is 6.86. The monoisotopic (exact) mass is 258 g/mol. The lowest BCUT2D eigenvalue weighted by Crippen LogP contribution is -2.51. The molecule has 0 aromatic carbocycles. The van der Waals surface area contributed by atoms with Crippen molar-refractivity contribution in [3.63, 3.8) is 0 Å². The molecule has 2 atom stereocenters. The Kier molecular flexibility index (Phi) is 7.05. The number of nitrogens with one attached hydrogen (secondary N) is 1. The van der Waals surface area contributed by atoms with Crippen LogP contribution < -0.4 is 5.32 Å². The van der Waals surface area contributed by atoms with E-state index in [1.807, 2.05) is 11.8 Å². The summed E-state index contributed by atoms with van der Waals surface area (Å²) in [5.74, 6) is 0. The van der Waals surface area contributed by atoms with E-state index in [0.717, 1.165) is 32.2 Å². The highest BCUT2D eigenvalue weighted by Gasteiger charge is 2.26. The van der Waals surface area contributed by atoms with Crippen LogP contribution in [0.25, 0.3) is 0 Å². The molecule has 1 rings (SSSR count). The van der Waals surface area contributed by atoms with Gasteiger partial charge in [-0.15, -0.1) is 0 Å². The number of carbonyl (C=O) groups is 1. The SMILES string of the molecule is COCCC(C)NC(=O)N1CCCCC1CCO. The third-order valence-electron chi connectivity index (χ3n) is 3.48. The van der Waals surface area contributed by atoms with Gasteiger partial charge in [-0.2, -0.15) is 0 Å². The molecule has 1 heterocycles. The molecule has 0 saturated carbocycles. The zero-order valence-corrected chi connectivity index (χ0v) is 11.5. The van der Waals surface area contributed by atoms with Gasteiger partial charge in [0.05, 0.1) is 0 Å². The summed E-state index contributed by atoms with van der Waals surface area (Å²) < 4.78 is 5.00. The summed E-state index contributed by atoms with van der Waals surface area (Å²) in [7, 11) is 1.66. The second-order valence-corrected chi connectivity index (χ2v) is 4.99. The molecule has 1 fully saturated rings. The number of likely N-dealkylation sites (tertiary alicyclic amines) is 1. The summed E-state index contributed by atoms with van der Waals surface area (Å²) >= 11 is 0. The first-order valence-corrected chi connectivity index (χ1v) is 6.86. The van der Waals surface area contributed by atoms with E-state index in [4.69, 9.17) is 9.84 Å². The van der Waals surface area contributed by atoms with Gasteiger partial charge in [0.15, 0.2) is 0 Å². The number of nitrogens with zero attached hydrogens (tertiary/aromatic N) is 1. The van der Waals surface area contributed by atoms with Gasteiger partial charge in [-0.1, -0.05) is 0 Å². The molecule has 5 nitrogen and oxygen atoms in total. The molecule has 18 heavy (non-hydrogen) atoms. The van der Waals surface area contributed by atoms with Gasteiger partial charge in [-0.25, -0.2) is 4.79 Å². The maximum Gasteiger partial charge on any atom is 0.317 e. The molecule has 1 aliphatic rings. The summed E-state index contributed by atoms with van der Waals surface area (Å²) in [5, 5.41) is 12.0. The summed E-state index contributed by atoms with van der Waals surface area (Å²) in [5.41, 5.74) is 0. The van der Waals surface area contributed by atoms with Gasteiger partial charge in [0.25, 0.3) is 0 Å². The molecule has 2 N–H and O–H groups in total. The van der Waals surface area contributed by atoms with E-state index in [2.05, 4.69) is 5.32 Å². The quantitative estimate of drug-likeness (QED) is 0.756. The number of hydrogen-bond acceptors (Lipinski definition) is 3. The summed E-state index contributed by atoms with van der Waals surface area (Å²) in [6.07, 6.45) is 4.70. The molecule has 2 amide bonds. The van der Waals surface area contributed by atoms with Crippen molar-refractivity contribution in [2.45, 2.75) is 51.1 Å². The molecule has 0 aliphatic carbocycles. The van der Waals surface area contributed by atoms with Crippen molar-refractivity contribution in [2.75, 3.05) is 26.9 Å². The van der Waals surface area contributed by atoms with Crippen LogP contribution in [0.2, 0.25) is 0 Å². The standard InChI is InChI=1S/C13H26N2O3/c1-11(7-10-18-2)14-13(17)15-8-4-3-5-12(15)6-9-16/h11-12,16H,3-10H2,1-2H3,(H,14,17). The van der Waals surface area contributed by atoms with E-state index in [1.165, 1.54) is 0 Å². The fraction of sp³-hybridized carbons (Fsp3) is 0.923. The molecule has 0 spiro atoms. The van der Waals surface area contributed by atoms with E-state index >= 15 is 0 Å². The number of ether oxygens (including phenoxy) is 1. The zero-order chi connectivity index (χ0) is 13.4. The van der Waals surface area contributed by atoms with Gasteiger partial charge >= 0.3 is 6.03 Å². The Balaban J connectivity index is 2.42. The van der Waals surface area contributed by atoms with Crippen LogP contribution in [-0.2, 0) is 4.74 Å². The predicted molar refractivity (Wildman–Crippen MR) is 70.5 cm³/mol. The Hall–Kier alpha value is -0.810. The van der Waals surface area contributed by atoms with Crippen molar-refractivity contribution in [3.05, 3.63) is 0 Å². The fourth-order valence-corrected chi connectivity index (χ4v) is 2.38. The van der Waals surface area contributed by atoms with Crippen molar-refractivity contribution in [1.29, 1.82) is 0 Å². The molecular formula is C13H26N2O3. The first-order chi connectivity index (χ1) is 8.69. The van der Waals surface area contributed by atoms with Crippen LogP contribution in [0.4, 0.5) is 4.79 Å². The van der Waals surface area contributed by atoms with Gasteiger partial charge in [0, 0.05) is 39.0 Å². The van der Waals surface area contributed by atoms with Gasteiger partial charge in [0.2, 0.25) is 0 Å². The maximum atomic E-state index is 12.1. The highest BCUT2D eigenvalue weighted by Crippen LogP contribution is 2.19. The zero-order valence-electron chi connectivity index (χ0n) is 11.5. The lowest BCUT2D eigenvalue weighted by molar-refractivity contribution is 0.127. The Morgan fingerprint density at radius 3 is 3.00 bits per heavy atom. The van der Waals surface area contributed by atoms with Crippen molar-refractivity contribution >= 4 is 6.03 Å². The minimum Gasteiger partial charge on any atom is -0.396 e. The summed E-state index contributed by atoms with van der Waals surface area (Å²) in [4.78, 5) is 14.0. The smallest absolute Gasteiger partial charge is 0.317 e. The van der Waals surface area contributed by atoms with Crippen molar-refractivity contribution in [2.24, 2.45) is 0 Å². The highest BCUT2D eigenvalue weighted by molar-refractivity contribution is 5.75. The average Bonchev–Trinajstić information content (AvgIpc) is 2.37. The lowest BCUT2D eigenvalue weighted by atomic mass is 10.00. The van der Waals surface area contributed by atoms with E-state index in [-0.39, 0.29) is 24.7 Å². The third-order valence-corrected chi connectivity index (χ3v) is 3.48. The maximum absolute atomic E-state index is 12.1. The number of hydrogen-bond donors (Lipinski definition) is 2. The number of urea groups is 1. The molecular weight excluding hydrogens is 232 g/mol. The van der Waals surface area contributed by atoms with Crippen LogP contribution in [-0.4, -0.2) is 55.0 Å². The van der Waals surface area contributed by atoms with Crippen LogP contribution in [0.15, 0.2) is 0 Å². The predicted octanol–water partition coefficient (Wildman–Crippen LogP) is 1.36. The minimum absolute atomic E-state index is 0.00301. The highest BCUT2D eigenvalue weighted by atomic mass is 16.5. The van der Waals surface area contributed by atoms with E-state index < -0.39 is 0 Å². The van der Waals surface area contributed by atoms with Gasteiger partial charge < -0.3 is 20.1 Å². The molecule has 0 radical (unpaired) electrons. The first kappa shape index (κ1) is 15.2. The van der Waals surface area contributed by atoms with Gasteiger partial charge in [-0.3, -0.25) is 0 Å². The normalized spacial score (nSPS) is 21.7. The van der Waals surface area contributed by atoms with E-state index in [1.54, 1.807) is 7.11 Å². The molecule has 1 saturated heterocycles. The van der Waals surface area contributed by atoms with Crippen LogP contribution in [0.5, 0.6) is 0 Å². The molecule has 106 valence electrons. The topological polar surface area (TPSA) is 61.8 Å². The number of carbonyl (C=O) groups excluding carboxylic acids is 1. The van der Waals surface area contributed by atoms with Crippen molar-refractivity contribution < 1.29 is 14.6 Å². The van der Waals surface area contributed by atoms with Crippen LogP contribution in [0.3, 0.4) is 0 Å². The van der Waals surface area contributed by atoms with Gasteiger partial charge in [-0.05, 0) is 39.0 Å². The Bertz CT molecular complexity index is 246.